The van der Waals surface area contributed by atoms with Gasteiger partial charge >= 0.3 is 0 Å². The summed E-state index contributed by atoms with van der Waals surface area (Å²) in [5.41, 5.74) is 7.23. The fourth-order valence-corrected chi connectivity index (χ4v) is 2.09. The summed E-state index contributed by atoms with van der Waals surface area (Å²) in [6.45, 7) is 10.8. The second-order valence-electron chi connectivity index (χ2n) is 5.96. The number of hydrogen-bond acceptors (Lipinski definition) is 2. The van der Waals surface area contributed by atoms with Gasteiger partial charge in [-0.25, -0.2) is 0 Å². The largest absolute Gasteiger partial charge is 0.326 e. The molecule has 1 heterocycles. The van der Waals surface area contributed by atoms with Crippen LogP contribution in [0, 0.1) is 5.92 Å². The highest BCUT2D eigenvalue weighted by Gasteiger charge is 2.20. The van der Waals surface area contributed by atoms with Crippen molar-refractivity contribution < 1.29 is 0 Å². The number of nitrogens with zero attached hydrogens (tertiary/aromatic N) is 1. The van der Waals surface area contributed by atoms with Crippen LogP contribution < -0.4 is 11.3 Å². The molecule has 17 heavy (non-hydrogen) atoms. The maximum absolute atomic E-state index is 12.3. The van der Waals surface area contributed by atoms with E-state index in [1.807, 2.05) is 16.7 Å². The molecule has 2 N–H and O–H groups in total. The van der Waals surface area contributed by atoms with Crippen LogP contribution in [0.15, 0.2) is 16.9 Å². The molecule has 1 rings (SSSR count). The molecule has 1 aromatic rings. The Bertz CT molecular complexity index is 439. The Kier molecular flexibility index (Phi) is 4.15. The molecule has 3 heteroatoms. The molecule has 0 aromatic carbocycles. The summed E-state index contributed by atoms with van der Waals surface area (Å²) in [5.74, 6) is 0.534. The van der Waals surface area contributed by atoms with E-state index in [2.05, 4.69) is 34.6 Å². The molecule has 3 nitrogen and oxygen atoms in total. The standard InChI is InChI=1S/C14H24N2O/c1-10(2)8-12-7-6-11(9-15)13(17)16(12)14(3,4)5/h6-7,10H,8-9,15H2,1-5H3. The quantitative estimate of drug-likeness (QED) is 0.875. The molecule has 0 fully saturated rings. The molecule has 0 saturated heterocycles. The molecule has 96 valence electrons. The van der Waals surface area contributed by atoms with Crippen molar-refractivity contribution in [2.24, 2.45) is 11.7 Å². The third-order valence-electron chi connectivity index (χ3n) is 2.75. The molecule has 0 spiro atoms. The molecule has 0 saturated carbocycles. The van der Waals surface area contributed by atoms with Crippen molar-refractivity contribution in [2.45, 2.75) is 53.1 Å². The summed E-state index contributed by atoms with van der Waals surface area (Å²) in [4.78, 5) is 12.3. The van der Waals surface area contributed by atoms with Crippen LogP contribution in [-0.4, -0.2) is 4.57 Å². The molecule has 0 aliphatic rings. The van der Waals surface area contributed by atoms with Crippen LogP contribution in [0.5, 0.6) is 0 Å². The average molecular weight is 236 g/mol. The van der Waals surface area contributed by atoms with E-state index in [9.17, 15) is 4.79 Å². The van der Waals surface area contributed by atoms with E-state index >= 15 is 0 Å². The van der Waals surface area contributed by atoms with E-state index in [0.29, 0.717) is 18.0 Å². The lowest BCUT2D eigenvalue weighted by Gasteiger charge is -2.27. The van der Waals surface area contributed by atoms with Gasteiger partial charge in [0.15, 0.2) is 0 Å². The highest BCUT2D eigenvalue weighted by molar-refractivity contribution is 5.18. The molecule has 1 aromatic heterocycles. The fourth-order valence-electron chi connectivity index (χ4n) is 2.09. The summed E-state index contributed by atoms with van der Waals surface area (Å²) >= 11 is 0. The smallest absolute Gasteiger partial charge is 0.255 e. The van der Waals surface area contributed by atoms with Gasteiger partial charge in [0.1, 0.15) is 0 Å². The maximum atomic E-state index is 12.3. The third kappa shape index (κ3) is 3.19. The zero-order valence-corrected chi connectivity index (χ0v) is 11.6. The number of nitrogens with two attached hydrogens (primary N) is 1. The topological polar surface area (TPSA) is 48.0 Å². The molecule has 0 bridgehead atoms. The van der Waals surface area contributed by atoms with Crippen molar-refractivity contribution in [1.29, 1.82) is 0 Å². The van der Waals surface area contributed by atoms with Gasteiger partial charge in [-0.15, -0.1) is 0 Å². The van der Waals surface area contributed by atoms with Crippen molar-refractivity contribution in [3.63, 3.8) is 0 Å². The van der Waals surface area contributed by atoms with Crippen molar-refractivity contribution in [3.8, 4) is 0 Å². The highest BCUT2D eigenvalue weighted by atomic mass is 16.1. The number of hydrogen-bond donors (Lipinski definition) is 1. The number of rotatable bonds is 3. The Morgan fingerprint density at radius 3 is 2.29 bits per heavy atom. The Labute approximate surface area is 104 Å². The van der Waals surface area contributed by atoms with Gasteiger partial charge < -0.3 is 10.3 Å². The molecular weight excluding hydrogens is 212 g/mol. The van der Waals surface area contributed by atoms with E-state index in [4.69, 9.17) is 5.73 Å². The lowest BCUT2D eigenvalue weighted by atomic mass is 10.0. The first kappa shape index (κ1) is 14.0. The monoisotopic (exact) mass is 236 g/mol. The van der Waals surface area contributed by atoms with Crippen LogP contribution in [0.25, 0.3) is 0 Å². The van der Waals surface area contributed by atoms with Crippen molar-refractivity contribution in [2.75, 3.05) is 0 Å². The Morgan fingerprint density at radius 1 is 1.29 bits per heavy atom. The SMILES string of the molecule is CC(C)Cc1ccc(CN)c(=O)n1C(C)(C)C. The summed E-state index contributed by atoms with van der Waals surface area (Å²) in [5, 5.41) is 0. The van der Waals surface area contributed by atoms with Crippen LogP contribution in [0.3, 0.4) is 0 Å². The van der Waals surface area contributed by atoms with Gasteiger partial charge in [-0.3, -0.25) is 4.79 Å². The first-order valence-corrected chi connectivity index (χ1v) is 6.21. The molecule has 0 aliphatic heterocycles. The molecule has 0 radical (unpaired) electrons. The Hall–Kier alpha value is -1.09. The van der Waals surface area contributed by atoms with Gasteiger partial charge in [0.2, 0.25) is 0 Å². The first-order chi connectivity index (χ1) is 7.77. The second kappa shape index (κ2) is 5.05. The Morgan fingerprint density at radius 2 is 1.88 bits per heavy atom. The van der Waals surface area contributed by atoms with E-state index < -0.39 is 0 Å². The maximum Gasteiger partial charge on any atom is 0.255 e. The predicted octanol–water partition coefficient (Wildman–Crippen LogP) is 2.26. The average Bonchev–Trinajstić information content (AvgIpc) is 2.14. The van der Waals surface area contributed by atoms with Crippen molar-refractivity contribution in [1.82, 2.24) is 4.57 Å². The summed E-state index contributed by atoms with van der Waals surface area (Å²) in [6.07, 6.45) is 0.914. The minimum atomic E-state index is -0.202. The molecule has 0 unspecified atom stereocenters. The van der Waals surface area contributed by atoms with Crippen molar-refractivity contribution in [3.05, 3.63) is 33.7 Å². The molecular formula is C14H24N2O. The lowest BCUT2D eigenvalue weighted by Crippen LogP contribution is -2.38. The van der Waals surface area contributed by atoms with Crippen LogP contribution >= 0.6 is 0 Å². The van der Waals surface area contributed by atoms with Gasteiger partial charge in [0.05, 0.1) is 0 Å². The molecule has 0 amide bonds. The lowest BCUT2D eigenvalue weighted by molar-refractivity contribution is 0.363. The Balaban J connectivity index is 3.42. The zero-order valence-electron chi connectivity index (χ0n) is 11.6. The second-order valence-corrected chi connectivity index (χ2v) is 5.96. The van der Waals surface area contributed by atoms with Crippen LogP contribution in [-0.2, 0) is 18.5 Å². The van der Waals surface area contributed by atoms with Crippen molar-refractivity contribution >= 4 is 0 Å². The number of pyridine rings is 1. The first-order valence-electron chi connectivity index (χ1n) is 6.21. The minimum absolute atomic E-state index is 0.0538. The molecule has 0 atom stereocenters. The van der Waals surface area contributed by atoms with E-state index in [0.717, 1.165) is 12.1 Å². The van der Waals surface area contributed by atoms with E-state index in [1.165, 1.54) is 0 Å². The zero-order chi connectivity index (χ0) is 13.2. The highest BCUT2D eigenvalue weighted by Crippen LogP contribution is 2.17. The third-order valence-corrected chi connectivity index (χ3v) is 2.75. The van der Waals surface area contributed by atoms with Gasteiger partial charge in [-0.2, -0.15) is 0 Å². The molecule has 0 aliphatic carbocycles. The van der Waals surface area contributed by atoms with Gasteiger partial charge in [-0.1, -0.05) is 19.9 Å². The summed E-state index contributed by atoms with van der Waals surface area (Å²) in [7, 11) is 0. The van der Waals surface area contributed by atoms with Crippen LogP contribution in [0.4, 0.5) is 0 Å². The van der Waals surface area contributed by atoms with Crippen LogP contribution in [0.1, 0.15) is 45.9 Å². The van der Waals surface area contributed by atoms with Crippen LogP contribution in [0.2, 0.25) is 0 Å². The van der Waals surface area contributed by atoms with Gasteiger partial charge in [-0.05, 0) is 39.2 Å². The minimum Gasteiger partial charge on any atom is -0.326 e. The summed E-state index contributed by atoms with van der Waals surface area (Å²) in [6, 6.07) is 3.90. The van der Waals surface area contributed by atoms with E-state index in [1.54, 1.807) is 0 Å². The van der Waals surface area contributed by atoms with E-state index in [-0.39, 0.29) is 11.1 Å². The predicted molar refractivity (Wildman–Crippen MR) is 72.1 cm³/mol. The fraction of sp³-hybridized carbons (Fsp3) is 0.643. The number of aromatic nitrogens is 1. The summed E-state index contributed by atoms with van der Waals surface area (Å²) < 4.78 is 1.88. The van der Waals surface area contributed by atoms with Gasteiger partial charge in [0.25, 0.3) is 5.56 Å². The normalized spacial score (nSPS) is 12.2. The van der Waals surface area contributed by atoms with Gasteiger partial charge in [0, 0.05) is 23.3 Å².